The van der Waals surface area contributed by atoms with Gasteiger partial charge in [-0.1, -0.05) is 0 Å². The topological polar surface area (TPSA) is 210 Å². The maximum Gasteiger partial charge on any atom is 0.278 e. The van der Waals surface area contributed by atoms with Gasteiger partial charge in [0.25, 0.3) is 15.6 Å². The van der Waals surface area contributed by atoms with Crippen molar-refractivity contribution in [2.24, 2.45) is 0 Å². The molecule has 0 saturated carbocycles. The summed E-state index contributed by atoms with van der Waals surface area (Å²) in [6.07, 6.45) is -1.72. The van der Waals surface area contributed by atoms with Gasteiger partial charge in [-0.25, -0.2) is 4.31 Å². The summed E-state index contributed by atoms with van der Waals surface area (Å²) in [5.41, 5.74) is 0. The van der Waals surface area contributed by atoms with Crippen molar-refractivity contribution in [2.45, 2.75) is 31.3 Å². The van der Waals surface area contributed by atoms with Crippen LogP contribution in [0.3, 0.4) is 0 Å². The summed E-state index contributed by atoms with van der Waals surface area (Å²) >= 11 is 0. The van der Waals surface area contributed by atoms with Crippen molar-refractivity contribution < 1.29 is 61.0 Å². The summed E-state index contributed by atoms with van der Waals surface area (Å²) in [7, 11) is -16.7. The summed E-state index contributed by atoms with van der Waals surface area (Å²) in [5, 5.41) is 9.77. The number of aliphatic hydroxyl groups is 1. The number of aliphatic hydroxyl groups excluding tert-OH is 1. The van der Waals surface area contributed by atoms with Gasteiger partial charge in [-0.2, -0.15) is 0 Å². The molecule has 0 radical (unpaired) electrons. The summed E-state index contributed by atoms with van der Waals surface area (Å²) in [5.74, 6) is -1.90. The Morgan fingerprint density at radius 1 is 1.17 bits per heavy atom. The lowest BCUT2D eigenvalue weighted by molar-refractivity contribution is -0.339. The van der Waals surface area contributed by atoms with E-state index in [4.69, 9.17) is 9.47 Å². The minimum atomic E-state index is -6.06. The Labute approximate surface area is 130 Å². The van der Waals surface area contributed by atoms with Crippen LogP contribution in [0.25, 0.3) is 0 Å². The molecule has 23 heavy (non-hydrogen) atoms. The quantitative estimate of drug-likeness (QED) is 0.413. The third-order valence-corrected chi connectivity index (χ3v) is 6.28. The van der Waals surface area contributed by atoms with Gasteiger partial charge in [0.1, 0.15) is 12.7 Å². The number of phosphoric acid groups is 3. The van der Waals surface area contributed by atoms with Crippen molar-refractivity contribution in [1.29, 1.82) is 0 Å². The third kappa shape index (κ3) is 6.60. The zero-order valence-electron chi connectivity index (χ0n) is 11.8. The molecule has 1 saturated heterocycles. The van der Waals surface area contributed by atoms with E-state index < -0.39 is 48.1 Å². The molecule has 0 aromatic rings. The summed E-state index contributed by atoms with van der Waals surface area (Å²) in [6.45, 7) is 0.555. The third-order valence-electron chi connectivity index (χ3n) is 2.63. The number of rotatable bonds is 8. The molecule has 13 nitrogen and oxygen atoms in total. The van der Waals surface area contributed by atoms with Gasteiger partial charge in [0.15, 0.2) is 0 Å². The van der Waals surface area contributed by atoms with Crippen molar-refractivity contribution in [3.05, 3.63) is 0 Å². The molecule has 1 aliphatic heterocycles. The van der Waals surface area contributed by atoms with Crippen LogP contribution in [0.1, 0.15) is 13.3 Å². The fraction of sp³-hybridized carbons (Fsp3) is 1.00. The van der Waals surface area contributed by atoms with E-state index in [2.05, 4.69) is 13.1 Å². The Kier molecular flexibility index (Phi) is 6.74. The maximum absolute atomic E-state index is 11.4. The van der Waals surface area contributed by atoms with Crippen LogP contribution in [0.4, 0.5) is 0 Å². The summed E-state index contributed by atoms with van der Waals surface area (Å²) < 4.78 is 53.1. The summed E-state index contributed by atoms with van der Waals surface area (Å²) in [6, 6.07) is 0. The van der Waals surface area contributed by atoms with E-state index in [1.54, 1.807) is 6.92 Å². The fourth-order valence-electron chi connectivity index (χ4n) is 1.79. The van der Waals surface area contributed by atoms with Gasteiger partial charge in [-0.3, -0.25) is 13.4 Å². The lowest BCUT2D eigenvalue weighted by Crippen LogP contribution is -2.46. The minimum absolute atomic E-state index is 0.0833. The molecule has 0 aromatic heterocycles. The van der Waals surface area contributed by atoms with Crippen molar-refractivity contribution >= 4 is 23.5 Å². The van der Waals surface area contributed by atoms with E-state index in [9.17, 15) is 38.4 Å². The smallest absolute Gasteiger partial charge is 0.278 e. The van der Waals surface area contributed by atoms with Crippen LogP contribution < -0.4 is 19.6 Å². The zero-order chi connectivity index (χ0) is 18.1. The molecule has 1 aliphatic rings. The average Bonchev–Trinajstić information content (AvgIpc) is 2.57. The second kappa shape index (κ2) is 7.27. The molecule has 0 spiro atoms. The average molecular weight is 398 g/mol. The van der Waals surface area contributed by atoms with Gasteiger partial charge in [0, 0.05) is 13.5 Å². The Morgan fingerprint density at radius 2 is 1.74 bits per heavy atom. The Bertz CT molecular complexity index is 558. The highest BCUT2D eigenvalue weighted by atomic mass is 31.3. The Morgan fingerprint density at radius 3 is 2.13 bits per heavy atom. The van der Waals surface area contributed by atoms with Gasteiger partial charge in [-0.05, 0) is 6.92 Å². The van der Waals surface area contributed by atoms with Crippen LogP contribution in [0.2, 0.25) is 0 Å². The number of hydrogen-bond acceptors (Lipinski definition) is 13. The minimum Gasteiger partial charge on any atom is -0.790 e. The molecule has 1 N–H and O–H groups in total. The monoisotopic (exact) mass is 398 g/mol. The molecule has 0 amide bonds. The van der Waals surface area contributed by atoms with E-state index >= 15 is 0 Å². The molecule has 138 valence electrons. The number of methoxy groups -OCH3 is 1. The van der Waals surface area contributed by atoms with Gasteiger partial charge < -0.3 is 43.2 Å². The SMILES string of the molecule is CO[C@]1(COP(=O)([O-])OP(=O)([O-])OP(=O)([O-])[O-])O[C@@H](C)C[C@H]1O. The maximum atomic E-state index is 11.4. The molecule has 1 rings (SSSR count). The van der Waals surface area contributed by atoms with Crippen molar-refractivity contribution in [3.8, 4) is 0 Å². The molecule has 1 heterocycles. The molecule has 5 atom stereocenters. The highest BCUT2D eigenvalue weighted by Gasteiger charge is 2.48. The number of ether oxygens (including phenoxy) is 2. The number of hydrogen-bond donors (Lipinski definition) is 1. The first-order valence-electron chi connectivity index (χ1n) is 5.83. The lowest BCUT2D eigenvalue weighted by atomic mass is 10.1. The second-order valence-electron chi connectivity index (χ2n) is 4.47. The lowest BCUT2D eigenvalue weighted by Gasteiger charge is -2.38. The van der Waals surface area contributed by atoms with Crippen LogP contribution in [0.5, 0.6) is 0 Å². The first kappa shape index (κ1) is 21.3. The van der Waals surface area contributed by atoms with Crippen molar-refractivity contribution in [1.82, 2.24) is 0 Å². The molecule has 16 heteroatoms. The standard InChI is InChI=1S/C7H17O13P3/c1-5-3-6(8)7(16-2,18-5)4-17-22(12,13)20-23(14,15)19-21(9,10)11/h5-6,8H,3-4H2,1-2H3,(H,12,13)(H,14,15)(H2,9,10,11)/p-4/t5-,6+,7+/m0/s1. The Hall–Kier alpha value is 0.290. The van der Waals surface area contributed by atoms with Crippen LogP contribution in [-0.2, 0) is 36.3 Å². The molecule has 0 aliphatic carbocycles. The van der Waals surface area contributed by atoms with E-state index in [0.717, 1.165) is 7.11 Å². The van der Waals surface area contributed by atoms with E-state index in [-0.39, 0.29) is 6.42 Å². The molecule has 0 aromatic carbocycles. The first-order valence-corrected chi connectivity index (χ1v) is 10.2. The molecular weight excluding hydrogens is 385 g/mol. The van der Waals surface area contributed by atoms with Gasteiger partial charge >= 0.3 is 0 Å². The first-order chi connectivity index (χ1) is 10.2. The van der Waals surface area contributed by atoms with Crippen LogP contribution >= 0.6 is 23.5 Å². The normalized spacial score (nSPS) is 34.0. The fourth-order valence-corrected chi connectivity index (χ4v) is 4.66. The number of phosphoric ester groups is 1. The second-order valence-corrected chi connectivity index (χ2v) is 8.72. The van der Waals surface area contributed by atoms with Crippen LogP contribution in [0.15, 0.2) is 0 Å². The largest absolute Gasteiger partial charge is 0.790 e. The molecule has 0 bridgehead atoms. The summed E-state index contributed by atoms with van der Waals surface area (Å²) in [4.78, 5) is 42.7. The highest BCUT2D eigenvalue weighted by molar-refractivity contribution is 7.64. The zero-order valence-corrected chi connectivity index (χ0v) is 14.4. The van der Waals surface area contributed by atoms with Crippen LogP contribution in [-0.4, -0.2) is 36.8 Å². The van der Waals surface area contributed by atoms with E-state index in [1.807, 2.05) is 0 Å². The molecular formula is C7H13O13P3-4. The highest BCUT2D eigenvalue weighted by Crippen LogP contribution is 2.60. The van der Waals surface area contributed by atoms with E-state index in [1.165, 1.54) is 0 Å². The van der Waals surface area contributed by atoms with Crippen molar-refractivity contribution in [3.63, 3.8) is 0 Å². The molecule has 1 fully saturated rings. The predicted octanol–water partition coefficient (Wildman–Crippen LogP) is -2.69. The Balaban J connectivity index is 2.74. The van der Waals surface area contributed by atoms with Gasteiger partial charge in [0.05, 0.1) is 13.9 Å². The molecule has 2 unspecified atom stereocenters. The van der Waals surface area contributed by atoms with Gasteiger partial charge in [-0.15, -0.1) is 0 Å². The van der Waals surface area contributed by atoms with Crippen molar-refractivity contribution in [2.75, 3.05) is 13.7 Å². The predicted molar refractivity (Wildman–Crippen MR) is 61.9 cm³/mol. The van der Waals surface area contributed by atoms with E-state index in [0.29, 0.717) is 0 Å². The van der Waals surface area contributed by atoms with Crippen LogP contribution in [0, 0.1) is 0 Å². The van der Waals surface area contributed by atoms with Gasteiger partial charge in [0.2, 0.25) is 5.79 Å².